The molecule has 1 aromatic rings. The molecule has 4 nitrogen and oxygen atoms in total. The van der Waals surface area contributed by atoms with Crippen LogP contribution in [0.1, 0.15) is 33.3 Å². The number of nitrogens with zero attached hydrogens (tertiary/aromatic N) is 2. The number of benzene rings is 1. The van der Waals surface area contributed by atoms with Gasteiger partial charge in [0.2, 0.25) is 0 Å². The van der Waals surface area contributed by atoms with Crippen LogP contribution in [-0.4, -0.2) is 33.2 Å². The van der Waals surface area contributed by atoms with Crippen LogP contribution in [0.3, 0.4) is 0 Å². The molecule has 0 radical (unpaired) electrons. The van der Waals surface area contributed by atoms with Crippen molar-refractivity contribution in [3.8, 4) is 5.75 Å². The van der Waals surface area contributed by atoms with E-state index in [4.69, 9.17) is 0 Å². The molecule has 0 bridgehead atoms. The lowest BCUT2D eigenvalue weighted by Crippen LogP contribution is -2.35. The number of rotatable bonds is 3. The molecule has 0 atom stereocenters. The Hall–Kier alpha value is -1.27. The maximum atomic E-state index is 12.6. The highest BCUT2D eigenvalue weighted by molar-refractivity contribution is 9.10. The first-order valence-corrected chi connectivity index (χ1v) is 8.70. The maximum Gasteiger partial charge on any atom is 0.266 e. The predicted octanol–water partition coefficient (Wildman–Crippen LogP) is 4.24. The molecule has 1 fully saturated rings. The Morgan fingerprint density at radius 1 is 1.32 bits per heavy atom. The molecule has 1 aliphatic rings. The van der Waals surface area contributed by atoms with Crippen LogP contribution < -0.4 is 0 Å². The van der Waals surface area contributed by atoms with E-state index in [-0.39, 0.29) is 23.7 Å². The van der Waals surface area contributed by atoms with E-state index in [1.54, 1.807) is 23.1 Å². The molecule has 118 valence electrons. The number of phenolic OH excluding ortho intramolecular Hbond substituents is 1. The van der Waals surface area contributed by atoms with E-state index in [0.29, 0.717) is 9.38 Å². The van der Waals surface area contributed by atoms with E-state index < -0.39 is 0 Å². The molecule has 22 heavy (non-hydrogen) atoms. The maximum absolute atomic E-state index is 12.6. The standard InChI is InChI=1S/C16H19BrN2O2S/c1-9(2)18-16-19(10(3)4)15(21)14(22-16)8-11-5-6-13(20)12(17)7-11/h5-10,20H,1-4H3/b14-8+,18-16?. The van der Waals surface area contributed by atoms with E-state index in [1.807, 2.05) is 33.8 Å². The van der Waals surface area contributed by atoms with Crippen LogP contribution in [-0.2, 0) is 4.79 Å². The summed E-state index contributed by atoms with van der Waals surface area (Å²) in [6.45, 7) is 7.95. The second-order valence-electron chi connectivity index (χ2n) is 5.60. The van der Waals surface area contributed by atoms with E-state index >= 15 is 0 Å². The smallest absolute Gasteiger partial charge is 0.266 e. The number of aromatic hydroxyl groups is 1. The molecular formula is C16H19BrN2O2S. The SMILES string of the molecule is CC(C)N=C1S/C(=C/c2ccc(O)c(Br)c2)C(=O)N1C(C)C. The zero-order valence-electron chi connectivity index (χ0n) is 13.0. The quantitative estimate of drug-likeness (QED) is 0.795. The molecule has 1 amide bonds. The van der Waals surface area contributed by atoms with Gasteiger partial charge in [0.25, 0.3) is 5.91 Å². The average Bonchev–Trinajstić information content (AvgIpc) is 2.69. The van der Waals surface area contributed by atoms with Crippen molar-refractivity contribution in [3.63, 3.8) is 0 Å². The van der Waals surface area contributed by atoms with Crippen LogP contribution in [0.5, 0.6) is 5.75 Å². The minimum Gasteiger partial charge on any atom is -0.507 e. The van der Waals surface area contributed by atoms with Gasteiger partial charge in [-0.2, -0.15) is 0 Å². The Bertz CT molecular complexity index is 654. The third-order valence-corrected chi connectivity index (χ3v) is 4.62. The summed E-state index contributed by atoms with van der Waals surface area (Å²) in [5.74, 6) is 0.155. The second kappa shape index (κ2) is 6.87. The fourth-order valence-electron chi connectivity index (χ4n) is 2.02. The third-order valence-electron chi connectivity index (χ3n) is 2.99. The van der Waals surface area contributed by atoms with Crippen molar-refractivity contribution in [2.24, 2.45) is 4.99 Å². The summed E-state index contributed by atoms with van der Waals surface area (Å²) >= 11 is 4.68. The Morgan fingerprint density at radius 2 is 2.00 bits per heavy atom. The molecule has 0 aliphatic carbocycles. The summed E-state index contributed by atoms with van der Waals surface area (Å²) < 4.78 is 0.606. The molecule has 1 N–H and O–H groups in total. The Labute approximate surface area is 143 Å². The second-order valence-corrected chi connectivity index (χ2v) is 7.46. The van der Waals surface area contributed by atoms with Crippen molar-refractivity contribution in [2.75, 3.05) is 0 Å². The molecule has 1 aliphatic heterocycles. The zero-order chi connectivity index (χ0) is 16.4. The number of carbonyl (C=O) groups is 1. The molecule has 0 saturated carbocycles. The van der Waals surface area contributed by atoms with Crippen LogP contribution in [0.4, 0.5) is 0 Å². The number of aliphatic imine (C=N–C) groups is 1. The first-order valence-electron chi connectivity index (χ1n) is 7.09. The summed E-state index contributed by atoms with van der Waals surface area (Å²) in [5, 5.41) is 10.3. The van der Waals surface area contributed by atoms with Crippen LogP contribution in [0.25, 0.3) is 6.08 Å². The van der Waals surface area contributed by atoms with Crippen LogP contribution in [0, 0.1) is 0 Å². The highest BCUT2D eigenvalue weighted by Gasteiger charge is 2.35. The van der Waals surface area contributed by atoms with Crippen LogP contribution in [0.15, 0.2) is 32.6 Å². The molecular weight excluding hydrogens is 364 g/mol. The average molecular weight is 383 g/mol. The van der Waals surface area contributed by atoms with Gasteiger partial charge in [0.1, 0.15) is 5.75 Å². The summed E-state index contributed by atoms with van der Waals surface area (Å²) in [4.78, 5) is 19.5. The molecule has 1 heterocycles. The molecule has 0 spiro atoms. The van der Waals surface area contributed by atoms with Gasteiger partial charge in [-0.15, -0.1) is 0 Å². The summed E-state index contributed by atoms with van der Waals surface area (Å²) in [6, 6.07) is 5.36. The lowest BCUT2D eigenvalue weighted by molar-refractivity contribution is -0.123. The summed E-state index contributed by atoms with van der Waals surface area (Å²) in [6.07, 6.45) is 1.83. The summed E-state index contributed by atoms with van der Waals surface area (Å²) in [5.41, 5.74) is 0.857. The number of carbonyl (C=O) groups excluding carboxylic acids is 1. The lowest BCUT2D eigenvalue weighted by atomic mass is 10.2. The zero-order valence-corrected chi connectivity index (χ0v) is 15.4. The van der Waals surface area contributed by atoms with Crippen molar-refractivity contribution in [1.29, 1.82) is 0 Å². The number of thioether (sulfide) groups is 1. The summed E-state index contributed by atoms with van der Waals surface area (Å²) in [7, 11) is 0. The number of phenols is 1. The minimum atomic E-state index is -0.0244. The van der Waals surface area contributed by atoms with Gasteiger partial charge in [-0.1, -0.05) is 6.07 Å². The highest BCUT2D eigenvalue weighted by atomic mass is 79.9. The van der Waals surface area contributed by atoms with E-state index in [2.05, 4.69) is 20.9 Å². The third kappa shape index (κ3) is 3.73. The topological polar surface area (TPSA) is 52.9 Å². The van der Waals surface area contributed by atoms with Gasteiger partial charge in [-0.3, -0.25) is 14.7 Å². The number of hydrogen-bond acceptors (Lipinski definition) is 4. The van der Waals surface area contributed by atoms with E-state index in [1.165, 1.54) is 11.8 Å². The number of amidine groups is 1. The van der Waals surface area contributed by atoms with Crippen molar-refractivity contribution in [2.45, 2.75) is 39.8 Å². The van der Waals surface area contributed by atoms with Crippen molar-refractivity contribution in [1.82, 2.24) is 4.90 Å². The molecule has 1 saturated heterocycles. The van der Waals surface area contributed by atoms with Crippen molar-refractivity contribution < 1.29 is 9.90 Å². The number of hydrogen-bond donors (Lipinski definition) is 1. The number of halogens is 1. The van der Waals surface area contributed by atoms with E-state index in [9.17, 15) is 9.90 Å². The van der Waals surface area contributed by atoms with Gasteiger partial charge in [0.05, 0.1) is 9.38 Å². The number of amides is 1. The first-order chi connectivity index (χ1) is 10.3. The van der Waals surface area contributed by atoms with Gasteiger partial charge in [0.15, 0.2) is 5.17 Å². The van der Waals surface area contributed by atoms with Crippen molar-refractivity contribution >= 4 is 44.8 Å². The Kier molecular flexibility index (Phi) is 5.34. The van der Waals surface area contributed by atoms with Gasteiger partial charge in [-0.25, -0.2) is 0 Å². The minimum absolute atomic E-state index is 0.0244. The predicted molar refractivity (Wildman–Crippen MR) is 95.9 cm³/mol. The van der Waals surface area contributed by atoms with Crippen molar-refractivity contribution in [3.05, 3.63) is 33.1 Å². The van der Waals surface area contributed by atoms with Gasteiger partial charge in [0, 0.05) is 12.1 Å². The van der Waals surface area contributed by atoms with Gasteiger partial charge >= 0.3 is 0 Å². The Morgan fingerprint density at radius 3 is 2.55 bits per heavy atom. The monoisotopic (exact) mass is 382 g/mol. The highest BCUT2D eigenvalue weighted by Crippen LogP contribution is 2.35. The first kappa shape index (κ1) is 17.1. The Balaban J connectivity index is 2.38. The largest absolute Gasteiger partial charge is 0.507 e. The fourth-order valence-corrected chi connectivity index (χ4v) is 3.65. The van der Waals surface area contributed by atoms with Gasteiger partial charge < -0.3 is 5.11 Å². The molecule has 0 aromatic heterocycles. The fraction of sp³-hybridized carbons (Fsp3) is 0.375. The van der Waals surface area contributed by atoms with Crippen LogP contribution >= 0.6 is 27.7 Å². The van der Waals surface area contributed by atoms with E-state index in [0.717, 1.165) is 10.7 Å². The normalized spacial score (nSPS) is 19.2. The molecule has 6 heteroatoms. The van der Waals surface area contributed by atoms with Crippen LogP contribution in [0.2, 0.25) is 0 Å². The van der Waals surface area contributed by atoms with Gasteiger partial charge in [-0.05, 0) is 79.2 Å². The molecule has 2 rings (SSSR count). The molecule has 0 unspecified atom stereocenters. The lowest BCUT2D eigenvalue weighted by Gasteiger charge is -2.20. The molecule has 1 aromatic carbocycles.